The van der Waals surface area contributed by atoms with Gasteiger partial charge in [-0.1, -0.05) is 155 Å². The van der Waals surface area contributed by atoms with Gasteiger partial charge in [0.15, 0.2) is 0 Å². The quantitative estimate of drug-likeness (QED) is 0.170. The van der Waals surface area contributed by atoms with Crippen LogP contribution in [0.2, 0.25) is 0 Å². The minimum atomic E-state index is 1.06. The Morgan fingerprint density at radius 1 is 0.295 bits per heavy atom. The highest BCUT2D eigenvalue weighted by Crippen LogP contribution is 2.40. The van der Waals surface area contributed by atoms with Gasteiger partial charge in [0.2, 0.25) is 0 Å². The van der Waals surface area contributed by atoms with E-state index in [4.69, 9.17) is 0 Å². The van der Waals surface area contributed by atoms with E-state index in [0.717, 1.165) is 32.7 Å². The molecular formula is C42H30BrN. The standard InChI is InChI=1S/C42H30BrN/c43-42-29-28-40(30-41(42)37-18-16-34(17-19-37)31-10-4-1-5-11-31)44(38-24-20-35(21-25-38)32-12-6-2-7-13-32)39-26-22-36(23-27-39)33-14-8-3-9-15-33/h1-30H. The van der Waals surface area contributed by atoms with Gasteiger partial charge in [0.25, 0.3) is 0 Å². The van der Waals surface area contributed by atoms with Crippen molar-refractivity contribution in [2.24, 2.45) is 0 Å². The fraction of sp³-hybridized carbons (Fsp3) is 0. The summed E-state index contributed by atoms with van der Waals surface area (Å²) >= 11 is 3.84. The first kappa shape index (κ1) is 27.6. The molecular weight excluding hydrogens is 598 g/mol. The zero-order valence-corrected chi connectivity index (χ0v) is 25.7. The van der Waals surface area contributed by atoms with Crippen LogP contribution in [0.15, 0.2) is 186 Å². The Morgan fingerprint density at radius 2 is 0.614 bits per heavy atom. The van der Waals surface area contributed by atoms with Gasteiger partial charge in [0.1, 0.15) is 0 Å². The molecule has 0 aliphatic rings. The van der Waals surface area contributed by atoms with E-state index in [1.54, 1.807) is 0 Å². The minimum Gasteiger partial charge on any atom is -0.310 e. The van der Waals surface area contributed by atoms with E-state index in [9.17, 15) is 0 Å². The van der Waals surface area contributed by atoms with Crippen molar-refractivity contribution in [3.05, 3.63) is 186 Å². The number of nitrogens with zero attached hydrogens (tertiary/aromatic N) is 1. The summed E-state index contributed by atoms with van der Waals surface area (Å²) in [4.78, 5) is 2.33. The topological polar surface area (TPSA) is 3.24 Å². The third-order valence-electron chi connectivity index (χ3n) is 7.98. The van der Waals surface area contributed by atoms with Crippen molar-refractivity contribution in [1.29, 1.82) is 0 Å². The van der Waals surface area contributed by atoms with Crippen molar-refractivity contribution in [3.8, 4) is 44.5 Å². The highest BCUT2D eigenvalue weighted by molar-refractivity contribution is 9.10. The van der Waals surface area contributed by atoms with Crippen molar-refractivity contribution >= 4 is 33.0 Å². The molecule has 0 amide bonds. The van der Waals surface area contributed by atoms with E-state index < -0.39 is 0 Å². The average molecular weight is 629 g/mol. The molecule has 0 saturated heterocycles. The van der Waals surface area contributed by atoms with Gasteiger partial charge >= 0.3 is 0 Å². The molecule has 7 rings (SSSR count). The van der Waals surface area contributed by atoms with Crippen molar-refractivity contribution in [2.45, 2.75) is 0 Å². The van der Waals surface area contributed by atoms with E-state index in [0.29, 0.717) is 0 Å². The minimum absolute atomic E-state index is 1.06. The molecule has 1 nitrogen and oxygen atoms in total. The molecule has 0 spiro atoms. The molecule has 0 bridgehead atoms. The van der Waals surface area contributed by atoms with Crippen LogP contribution in [0.3, 0.4) is 0 Å². The van der Waals surface area contributed by atoms with Gasteiger partial charge in [0.05, 0.1) is 0 Å². The predicted molar refractivity (Wildman–Crippen MR) is 191 cm³/mol. The molecule has 44 heavy (non-hydrogen) atoms. The van der Waals surface area contributed by atoms with Gasteiger partial charge in [-0.2, -0.15) is 0 Å². The normalized spacial score (nSPS) is 10.8. The Balaban J connectivity index is 1.29. The molecule has 0 saturated carbocycles. The molecule has 2 heteroatoms. The third kappa shape index (κ3) is 5.86. The van der Waals surface area contributed by atoms with Crippen LogP contribution in [-0.2, 0) is 0 Å². The molecule has 0 radical (unpaired) electrons. The molecule has 7 aromatic carbocycles. The lowest BCUT2D eigenvalue weighted by Crippen LogP contribution is -2.10. The lowest BCUT2D eigenvalue weighted by atomic mass is 9.99. The molecule has 0 aromatic heterocycles. The second kappa shape index (κ2) is 12.6. The molecule has 7 aromatic rings. The van der Waals surface area contributed by atoms with Crippen molar-refractivity contribution in [3.63, 3.8) is 0 Å². The molecule has 0 aliphatic carbocycles. The van der Waals surface area contributed by atoms with E-state index in [-0.39, 0.29) is 0 Å². The largest absolute Gasteiger partial charge is 0.310 e. The van der Waals surface area contributed by atoms with E-state index >= 15 is 0 Å². The lowest BCUT2D eigenvalue weighted by molar-refractivity contribution is 1.28. The van der Waals surface area contributed by atoms with Gasteiger partial charge in [0, 0.05) is 21.5 Å². The van der Waals surface area contributed by atoms with Crippen LogP contribution in [0.4, 0.5) is 17.1 Å². The summed E-state index contributed by atoms with van der Waals surface area (Å²) in [7, 11) is 0. The Kier molecular flexibility index (Phi) is 7.91. The highest BCUT2D eigenvalue weighted by Gasteiger charge is 2.16. The fourth-order valence-corrected chi connectivity index (χ4v) is 6.14. The van der Waals surface area contributed by atoms with Crippen LogP contribution in [0.25, 0.3) is 44.5 Å². The van der Waals surface area contributed by atoms with E-state index in [1.165, 1.54) is 33.4 Å². The van der Waals surface area contributed by atoms with Gasteiger partial charge in [-0.3, -0.25) is 0 Å². The lowest BCUT2D eigenvalue weighted by Gasteiger charge is -2.27. The number of halogens is 1. The third-order valence-corrected chi connectivity index (χ3v) is 8.67. The van der Waals surface area contributed by atoms with Crippen LogP contribution in [0.1, 0.15) is 0 Å². The van der Waals surface area contributed by atoms with Crippen molar-refractivity contribution in [1.82, 2.24) is 0 Å². The van der Waals surface area contributed by atoms with Crippen molar-refractivity contribution < 1.29 is 0 Å². The second-order valence-corrected chi connectivity index (χ2v) is 11.6. The van der Waals surface area contributed by atoms with E-state index in [1.807, 2.05) is 0 Å². The SMILES string of the molecule is Brc1ccc(N(c2ccc(-c3ccccc3)cc2)c2ccc(-c3ccccc3)cc2)cc1-c1ccc(-c2ccccc2)cc1. The van der Waals surface area contributed by atoms with Gasteiger partial charge in [-0.25, -0.2) is 0 Å². The number of benzene rings is 7. The molecule has 0 aliphatic heterocycles. The van der Waals surface area contributed by atoms with E-state index in [2.05, 4.69) is 203 Å². The summed E-state index contributed by atoms with van der Waals surface area (Å²) < 4.78 is 1.06. The monoisotopic (exact) mass is 627 g/mol. The molecule has 0 unspecified atom stereocenters. The van der Waals surface area contributed by atoms with Crippen LogP contribution in [0, 0.1) is 0 Å². The summed E-state index contributed by atoms with van der Waals surface area (Å²) in [6.45, 7) is 0. The maximum Gasteiger partial charge on any atom is 0.0468 e. The first-order valence-corrected chi connectivity index (χ1v) is 15.6. The van der Waals surface area contributed by atoms with Gasteiger partial charge in [-0.05, 0) is 87.0 Å². The number of hydrogen-bond acceptors (Lipinski definition) is 1. The maximum absolute atomic E-state index is 3.84. The van der Waals surface area contributed by atoms with Crippen LogP contribution in [0.5, 0.6) is 0 Å². The van der Waals surface area contributed by atoms with Crippen LogP contribution < -0.4 is 4.90 Å². The summed E-state index contributed by atoms with van der Waals surface area (Å²) in [6.07, 6.45) is 0. The maximum atomic E-state index is 3.84. The highest BCUT2D eigenvalue weighted by atomic mass is 79.9. The predicted octanol–water partition coefficient (Wildman–Crippen LogP) is 12.6. The molecule has 0 atom stereocenters. The summed E-state index contributed by atoms with van der Waals surface area (Å²) in [5.41, 5.74) is 12.9. The van der Waals surface area contributed by atoms with Crippen molar-refractivity contribution in [2.75, 3.05) is 4.90 Å². The Labute approximate surface area is 267 Å². The van der Waals surface area contributed by atoms with Crippen LogP contribution >= 0.6 is 15.9 Å². The summed E-state index contributed by atoms with van der Waals surface area (Å²) in [5, 5.41) is 0. The molecule has 0 fully saturated rings. The Bertz CT molecular complexity index is 1880. The van der Waals surface area contributed by atoms with Gasteiger partial charge < -0.3 is 4.90 Å². The first-order chi connectivity index (χ1) is 21.7. The number of rotatable bonds is 7. The second-order valence-electron chi connectivity index (χ2n) is 10.8. The zero-order chi connectivity index (χ0) is 29.7. The first-order valence-electron chi connectivity index (χ1n) is 14.8. The smallest absolute Gasteiger partial charge is 0.0468 e. The zero-order valence-electron chi connectivity index (χ0n) is 24.1. The van der Waals surface area contributed by atoms with Crippen LogP contribution in [-0.4, -0.2) is 0 Å². The molecule has 210 valence electrons. The Hall–Kier alpha value is -5.18. The average Bonchev–Trinajstić information content (AvgIpc) is 3.11. The number of anilines is 3. The number of hydrogen-bond donors (Lipinski definition) is 0. The molecule has 0 N–H and O–H groups in total. The summed E-state index contributed by atoms with van der Waals surface area (Å²) in [6, 6.07) is 64.7. The Morgan fingerprint density at radius 3 is 1.02 bits per heavy atom. The fourth-order valence-electron chi connectivity index (χ4n) is 5.66. The molecule has 0 heterocycles. The summed E-state index contributed by atoms with van der Waals surface area (Å²) in [5.74, 6) is 0. The van der Waals surface area contributed by atoms with Gasteiger partial charge in [-0.15, -0.1) is 0 Å².